The maximum absolute atomic E-state index is 9.23. The van der Waals surface area contributed by atoms with Gasteiger partial charge in [-0.05, 0) is 68.0 Å². The van der Waals surface area contributed by atoms with Crippen LogP contribution in [0, 0.1) is 0 Å². The lowest BCUT2D eigenvalue weighted by molar-refractivity contribution is 0.669. The van der Waals surface area contributed by atoms with Gasteiger partial charge in [0.1, 0.15) is 11.2 Å². The van der Waals surface area contributed by atoms with Crippen molar-refractivity contribution >= 4 is 43.5 Å². The van der Waals surface area contributed by atoms with Crippen molar-refractivity contribution in [3.8, 4) is 56.4 Å². The molecule has 10 rings (SSSR count). The van der Waals surface area contributed by atoms with E-state index < -0.39 is 72.5 Å². The zero-order chi connectivity index (χ0) is 45.9. The first kappa shape index (κ1) is 18.2. The molecule has 238 valence electrons. The minimum absolute atomic E-state index is 0.00221. The Morgan fingerprint density at radius 2 is 1.02 bits per heavy atom. The summed E-state index contributed by atoms with van der Waals surface area (Å²) in [6.07, 6.45) is 0. The van der Waals surface area contributed by atoms with Gasteiger partial charge in [-0.15, -0.1) is 0 Å². The van der Waals surface area contributed by atoms with Crippen LogP contribution in [0.1, 0.15) is 19.2 Å². The topological polar surface area (TPSA) is 51.8 Å². The van der Waals surface area contributed by atoms with E-state index in [1.807, 2.05) is 30.3 Å². The van der Waals surface area contributed by atoms with Gasteiger partial charge < -0.3 is 4.42 Å². The first-order valence-corrected chi connectivity index (χ1v) is 16.0. The van der Waals surface area contributed by atoms with Gasteiger partial charge in [0.15, 0.2) is 17.5 Å². The smallest absolute Gasteiger partial charge is 0.164 e. The summed E-state index contributed by atoms with van der Waals surface area (Å²) in [4.78, 5) is 14.1. The third kappa shape index (κ3) is 5.13. The van der Waals surface area contributed by atoms with E-state index in [0.29, 0.717) is 5.56 Å². The van der Waals surface area contributed by atoms with E-state index in [-0.39, 0.29) is 73.8 Å². The van der Waals surface area contributed by atoms with Gasteiger partial charge in [0.05, 0.1) is 19.2 Å². The van der Waals surface area contributed by atoms with E-state index in [9.17, 15) is 1.37 Å². The molecular weight excluding hydrogens is 623 g/mol. The molecule has 0 aliphatic carbocycles. The van der Waals surface area contributed by atoms with Crippen molar-refractivity contribution in [3.63, 3.8) is 0 Å². The van der Waals surface area contributed by atoms with Crippen molar-refractivity contribution in [2.75, 3.05) is 0 Å². The number of hydrogen-bond donors (Lipinski definition) is 0. The molecule has 0 aliphatic heterocycles. The molecule has 0 aliphatic rings. The highest BCUT2D eigenvalue weighted by Crippen LogP contribution is 2.39. The molecule has 2 aromatic heterocycles. The molecule has 8 aromatic carbocycles. The predicted octanol–water partition coefficient (Wildman–Crippen LogP) is 12.4. The summed E-state index contributed by atoms with van der Waals surface area (Å²) in [6.45, 7) is 0. The standard InChI is InChI=1S/C47H29N3O/c1-3-10-30(11-4-1)37-26-27-42-41(29-37)44-39(16-9-17-43(44)51-42)47-49-45(34-13-5-2-6-14-34)48-46(50-47)35-23-18-31(19-24-35)36-25-22-33-21-20-32-12-7-8-15-38(32)40(33)28-36/h1-29H/i1D,2D,3D,4D,5D,6D,10D,11D,13D,14D,16D,17D,26D,27D. The van der Waals surface area contributed by atoms with Gasteiger partial charge in [-0.3, -0.25) is 0 Å². The first-order chi connectivity index (χ1) is 31.0. The van der Waals surface area contributed by atoms with E-state index >= 15 is 0 Å². The molecular formula is C47H29N3O. The van der Waals surface area contributed by atoms with E-state index in [4.69, 9.17) is 27.2 Å². The molecule has 0 saturated heterocycles. The Labute approximate surface area is 314 Å². The van der Waals surface area contributed by atoms with Crippen LogP contribution in [0.2, 0.25) is 0 Å². The molecule has 0 bridgehead atoms. The Morgan fingerprint density at radius 3 is 1.82 bits per heavy atom. The van der Waals surface area contributed by atoms with E-state index in [1.54, 1.807) is 12.1 Å². The van der Waals surface area contributed by atoms with Crippen molar-refractivity contribution in [2.24, 2.45) is 0 Å². The molecule has 0 fully saturated rings. The molecule has 51 heavy (non-hydrogen) atoms. The highest BCUT2D eigenvalue weighted by molar-refractivity contribution is 6.13. The van der Waals surface area contributed by atoms with Crippen LogP contribution in [-0.4, -0.2) is 15.0 Å². The molecule has 0 spiro atoms. The SMILES string of the molecule is [2H]c1cc([2H])c2oc3c([2H])c([2H])c(-c4c([2H])c([2H])c([2H])c([2H])c4[2H])cc3c2c1-c1nc(-c2ccc(-c3ccc4ccc5ccccc5c4c3)cc2)nc(-c2c([2H])c([2H])c([2H])c([2H])c2[2H])n1. The number of benzene rings is 8. The molecule has 0 radical (unpaired) electrons. The van der Waals surface area contributed by atoms with Crippen LogP contribution in [0.4, 0.5) is 0 Å². The number of hydrogen-bond acceptors (Lipinski definition) is 4. The van der Waals surface area contributed by atoms with Crippen molar-refractivity contribution in [2.45, 2.75) is 0 Å². The van der Waals surface area contributed by atoms with Gasteiger partial charge in [0.25, 0.3) is 0 Å². The zero-order valence-electron chi connectivity index (χ0n) is 40.4. The number of aromatic nitrogens is 3. The predicted molar refractivity (Wildman–Crippen MR) is 209 cm³/mol. The second-order valence-corrected chi connectivity index (χ2v) is 11.8. The Bertz CT molecular complexity index is 3670. The summed E-state index contributed by atoms with van der Waals surface area (Å²) in [5, 5.41) is 4.44. The van der Waals surface area contributed by atoms with Crippen LogP contribution in [0.5, 0.6) is 0 Å². The van der Waals surface area contributed by atoms with Gasteiger partial charge in [0, 0.05) is 27.5 Å². The van der Waals surface area contributed by atoms with Crippen molar-refractivity contribution < 1.29 is 23.6 Å². The minimum atomic E-state index is -0.650. The van der Waals surface area contributed by atoms with Crippen molar-refractivity contribution in [3.05, 3.63) is 176 Å². The minimum Gasteiger partial charge on any atom is -0.456 e. The summed E-state index contributed by atoms with van der Waals surface area (Å²) in [5.74, 6) is -0.555. The highest BCUT2D eigenvalue weighted by Gasteiger charge is 2.18. The summed E-state index contributed by atoms with van der Waals surface area (Å²) < 4.78 is 127. The molecule has 0 saturated carbocycles. The number of rotatable bonds is 5. The molecule has 0 N–H and O–H groups in total. The highest BCUT2D eigenvalue weighted by atomic mass is 16.3. The lowest BCUT2D eigenvalue weighted by Gasteiger charge is -2.10. The van der Waals surface area contributed by atoms with E-state index in [0.717, 1.165) is 38.7 Å². The molecule has 4 heteroatoms. The second kappa shape index (κ2) is 11.9. The lowest BCUT2D eigenvalue weighted by atomic mass is 9.97. The van der Waals surface area contributed by atoms with E-state index in [1.165, 1.54) is 6.07 Å². The second-order valence-electron chi connectivity index (χ2n) is 11.8. The van der Waals surface area contributed by atoms with Crippen LogP contribution < -0.4 is 0 Å². The average molecular weight is 666 g/mol. The van der Waals surface area contributed by atoms with Crippen LogP contribution in [0.15, 0.2) is 180 Å². The number of furan rings is 1. The normalized spacial score (nSPS) is 15.4. The fraction of sp³-hybridized carbons (Fsp3) is 0. The molecule has 0 atom stereocenters. The fourth-order valence-corrected chi connectivity index (χ4v) is 6.35. The monoisotopic (exact) mass is 665 g/mol. The molecule has 0 amide bonds. The van der Waals surface area contributed by atoms with Crippen molar-refractivity contribution in [1.82, 2.24) is 15.0 Å². The van der Waals surface area contributed by atoms with Gasteiger partial charge >= 0.3 is 0 Å². The van der Waals surface area contributed by atoms with Gasteiger partial charge in [-0.25, -0.2) is 15.0 Å². The van der Waals surface area contributed by atoms with Crippen LogP contribution in [-0.2, 0) is 0 Å². The first-order valence-electron chi connectivity index (χ1n) is 23.0. The summed E-state index contributed by atoms with van der Waals surface area (Å²) >= 11 is 0. The van der Waals surface area contributed by atoms with Crippen LogP contribution in [0.25, 0.3) is 99.9 Å². The molecule has 2 heterocycles. The Hall–Kier alpha value is -6.91. The van der Waals surface area contributed by atoms with Gasteiger partial charge in [-0.1, -0.05) is 151 Å². The average Bonchev–Trinajstić information content (AvgIpc) is 3.70. The fourth-order valence-electron chi connectivity index (χ4n) is 6.35. The van der Waals surface area contributed by atoms with Crippen LogP contribution >= 0.6 is 0 Å². The number of nitrogens with zero attached hydrogens (tertiary/aromatic N) is 3. The van der Waals surface area contributed by atoms with E-state index in [2.05, 4.69) is 46.4 Å². The third-order valence-electron chi connectivity index (χ3n) is 8.79. The summed E-state index contributed by atoms with van der Waals surface area (Å²) in [7, 11) is 0. The van der Waals surface area contributed by atoms with Crippen LogP contribution in [0.3, 0.4) is 0 Å². The zero-order valence-corrected chi connectivity index (χ0v) is 26.4. The Morgan fingerprint density at radius 1 is 0.392 bits per heavy atom. The van der Waals surface area contributed by atoms with Gasteiger partial charge in [-0.2, -0.15) is 0 Å². The van der Waals surface area contributed by atoms with Crippen molar-refractivity contribution in [1.29, 1.82) is 0 Å². The number of fused-ring (bicyclic) bond motifs is 6. The summed E-state index contributed by atoms with van der Waals surface area (Å²) in [5.41, 5.74) is 0.944. The maximum Gasteiger partial charge on any atom is 0.164 e. The maximum atomic E-state index is 9.23. The Balaban J connectivity index is 1.22. The molecule has 0 unspecified atom stereocenters. The Kier molecular flexibility index (Phi) is 4.24. The largest absolute Gasteiger partial charge is 0.456 e. The molecule has 10 aromatic rings. The quantitative estimate of drug-likeness (QED) is 0.172. The summed E-state index contributed by atoms with van der Waals surface area (Å²) in [6, 6.07) is 20.4. The van der Waals surface area contributed by atoms with Gasteiger partial charge in [0.2, 0.25) is 0 Å². The third-order valence-corrected chi connectivity index (χ3v) is 8.79. The molecule has 4 nitrogen and oxygen atoms in total. The lowest BCUT2D eigenvalue weighted by Crippen LogP contribution is -2.00.